The van der Waals surface area contributed by atoms with Crippen LogP contribution in [0.25, 0.3) is 0 Å². The van der Waals surface area contributed by atoms with Crippen LogP contribution in [0.5, 0.6) is 11.5 Å². The van der Waals surface area contributed by atoms with Gasteiger partial charge in [0.15, 0.2) is 11.6 Å². The van der Waals surface area contributed by atoms with E-state index in [-0.39, 0.29) is 18.2 Å². The molecule has 0 aromatic heterocycles. The molecular weight excluding hydrogens is 295 g/mol. The SMILES string of the molecule is COc1cccc(COc2ccc(C(=N)N)cc2Cl)c1F. The highest BCUT2D eigenvalue weighted by atomic mass is 35.5. The minimum atomic E-state index is -0.462. The molecule has 0 aliphatic heterocycles. The molecule has 0 amide bonds. The first kappa shape index (κ1) is 15.1. The van der Waals surface area contributed by atoms with E-state index in [0.717, 1.165) is 0 Å². The number of hydrogen-bond acceptors (Lipinski definition) is 3. The number of halogens is 2. The number of hydrogen-bond donors (Lipinski definition) is 2. The fraction of sp³-hybridized carbons (Fsp3) is 0.133. The van der Waals surface area contributed by atoms with E-state index in [1.165, 1.54) is 19.2 Å². The molecule has 0 bridgehead atoms. The second-order valence-corrected chi connectivity index (χ2v) is 4.69. The van der Waals surface area contributed by atoms with Gasteiger partial charge in [0.25, 0.3) is 0 Å². The smallest absolute Gasteiger partial charge is 0.171 e. The Morgan fingerprint density at radius 2 is 2.05 bits per heavy atom. The zero-order chi connectivity index (χ0) is 15.4. The summed E-state index contributed by atoms with van der Waals surface area (Å²) >= 11 is 6.04. The highest BCUT2D eigenvalue weighted by molar-refractivity contribution is 6.32. The normalized spacial score (nSPS) is 10.2. The molecule has 4 nitrogen and oxygen atoms in total. The van der Waals surface area contributed by atoms with E-state index >= 15 is 0 Å². The van der Waals surface area contributed by atoms with E-state index in [9.17, 15) is 4.39 Å². The number of nitrogen functional groups attached to an aromatic ring is 1. The average Bonchev–Trinajstić information content (AvgIpc) is 2.47. The lowest BCUT2D eigenvalue weighted by molar-refractivity contribution is 0.296. The van der Waals surface area contributed by atoms with Crippen LogP contribution in [0.1, 0.15) is 11.1 Å². The van der Waals surface area contributed by atoms with Crippen molar-refractivity contribution < 1.29 is 13.9 Å². The third-order valence-corrected chi connectivity index (χ3v) is 3.18. The summed E-state index contributed by atoms with van der Waals surface area (Å²) in [7, 11) is 1.40. The molecule has 21 heavy (non-hydrogen) atoms. The molecule has 0 radical (unpaired) electrons. The van der Waals surface area contributed by atoms with Gasteiger partial charge in [-0.3, -0.25) is 5.41 Å². The molecule has 0 aliphatic rings. The molecule has 0 saturated heterocycles. The van der Waals surface area contributed by atoms with Crippen LogP contribution in [0.4, 0.5) is 4.39 Å². The van der Waals surface area contributed by atoms with Crippen LogP contribution in [-0.4, -0.2) is 12.9 Å². The molecule has 6 heteroatoms. The fourth-order valence-electron chi connectivity index (χ4n) is 1.77. The Labute approximate surface area is 126 Å². The predicted octanol–water partition coefficient (Wildman–Crippen LogP) is 3.35. The molecule has 0 spiro atoms. The minimum absolute atomic E-state index is 0.0160. The van der Waals surface area contributed by atoms with Gasteiger partial charge in [-0.1, -0.05) is 23.7 Å². The third kappa shape index (κ3) is 3.44. The maximum atomic E-state index is 14.0. The van der Waals surface area contributed by atoms with Crippen LogP contribution in [-0.2, 0) is 6.61 Å². The molecule has 0 fully saturated rings. The monoisotopic (exact) mass is 308 g/mol. The van der Waals surface area contributed by atoms with Crippen LogP contribution >= 0.6 is 11.6 Å². The highest BCUT2D eigenvalue weighted by Gasteiger charge is 2.10. The second kappa shape index (κ2) is 6.45. The van der Waals surface area contributed by atoms with Crippen LogP contribution in [0, 0.1) is 11.2 Å². The number of benzene rings is 2. The van der Waals surface area contributed by atoms with E-state index in [1.54, 1.807) is 24.3 Å². The summed E-state index contributed by atoms with van der Waals surface area (Å²) in [6.45, 7) is 0.0160. The van der Waals surface area contributed by atoms with Gasteiger partial charge in [0.1, 0.15) is 18.2 Å². The van der Waals surface area contributed by atoms with Crippen LogP contribution in [0.15, 0.2) is 36.4 Å². The first-order valence-corrected chi connectivity index (χ1v) is 6.49. The summed E-state index contributed by atoms with van der Waals surface area (Å²) in [6.07, 6.45) is 0. The maximum Gasteiger partial charge on any atom is 0.171 e. The van der Waals surface area contributed by atoms with E-state index in [1.807, 2.05) is 0 Å². The number of nitrogens with one attached hydrogen (secondary N) is 1. The van der Waals surface area contributed by atoms with Gasteiger partial charge in [0, 0.05) is 11.1 Å². The average molecular weight is 309 g/mol. The Bertz CT molecular complexity index is 677. The number of nitrogens with two attached hydrogens (primary N) is 1. The Morgan fingerprint density at radius 1 is 1.29 bits per heavy atom. The van der Waals surface area contributed by atoms with Crippen molar-refractivity contribution in [2.24, 2.45) is 5.73 Å². The summed E-state index contributed by atoms with van der Waals surface area (Å²) in [6, 6.07) is 9.56. The number of ether oxygens (including phenoxy) is 2. The predicted molar refractivity (Wildman–Crippen MR) is 79.8 cm³/mol. The van der Waals surface area contributed by atoms with Crippen molar-refractivity contribution in [3.8, 4) is 11.5 Å². The summed E-state index contributed by atoms with van der Waals surface area (Å²) in [5.41, 5.74) is 6.23. The Balaban J connectivity index is 2.15. The lowest BCUT2D eigenvalue weighted by Crippen LogP contribution is -2.10. The molecule has 0 heterocycles. The second-order valence-electron chi connectivity index (χ2n) is 4.28. The lowest BCUT2D eigenvalue weighted by atomic mass is 10.2. The maximum absolute atomic E-state index is 14.0. The van der Waals surface area contributed by atoms with Gasteiger partial charge >= 0.3 is 0 Å². The van der Waals surface area contributed by atoms with Crippen LogP contribution < -0.4 is 15.2 Å². The number of amidine groups is 1. The molecule has 0 saturated carbocycles. The van der Waals surface area contributed by atoms with Crippen LogP contribution in [0.2, 0.25) is 5.02 Å². The lowest BCUT2D eigenvalue weighted by Gasteiger charge is -2.11. The van der Waals surface area contributed by atoms with Crippen molar-refractivity contribution in [2.75, 3.05) is 7.11 Å². The molecule has 0 aliphatic carbocycles. The van der Waals surface area contributed by atoms with Gasteiger partial charge in [0.05, 0.1) is 12.1 Å². The molecule has 0 unspecified atom stereocenters. The van der Waals surface area contributed by atoms with Crippen molar-refractivity contribution in [3.63, 3.8) is 0 Å². The Kier molecular flexibility index (Phi) is 4.65. The molecule has 2 rings (SSSR count). The summed E-state index contributed by atoms with van der Waals surface area (Å²) in [5, 5.41) is 7.64. The van der Waals surface area contributed by atoms with Crippen LogP contribution in [0.3, 0.4) is 0 Å². The number of methoxy groups -OCH3 is 1. The highest BCUT2D eigenvalue weighted by Crippen LogP contribution is 2.27. The van der Waals surface area contributed by atoms with Gasteiger partial charge in [0.2, 0.25) is 0 Å². The van der Waals surface area contributed by atoms with Gasteiger partial charge in [-0.15, -0.1) is 0 Å². The van der Waals surface area contributed by atoms with Crippen molar-refractivity contribution >= 4 is 17.4 Å². The first-order chi connectivity index (χ1) is 10.0. The summed E-state index contributed by atoms with van der Waals surface area (Å²) in [4.78, 5) is 0. The third-order valence-electron chi connectivity index (χ3n) is 2.89. The van der Waals surface area contributed by atoms with Gasteiger partial charge in [-0.25, -0.2) is 4.39 Å². The summed E-state index contributed by atoms with van der Waals surface area (Å²) in [5.74, 6) is 0.0109. The quantitative estimate of drug-likeness (QED) is 0.657. The first-order valence-electron chi connectivity index (χ1n) is 6.11. The molecule has 2 aromatic rings. The standard InChI is InChI=1S/C15H14ClFN2O2/c1-20-13-4-2-3-10(14(13)17)8-21-12-6-5-9(15(18)19)7-11(12)16/h2-7H,8H2,1H3,(H3,18,19). The van der Waals surface area contributed by atoms with Crippen molar-refractivity contribution in [1.29, 1.82) is 5.41 Å². The van der Waals surface area contributed by atoms with Gasteiger partial charge in [-0.05, 0) is 24.3 Å². The topological polar surface area (TPSA) is 68.3 Å². The Hall–Kier alpha value is -2.27. The molecule has 2 aromatic carbocycles. The number of rotatable bonds is 5. The van der Waals surface area contributed by atoms with Crippen molar-refractivity contribution in [1.82, 2.24) is 0 Å². The minimum Gasteiger partial charge on any atom is -0.494 e. The van der Waals surface area contributed by atoms with Gasteiger partial charge < -0.3 is 15.2 Å². The largest absolute Gasteiger partial charge is 0.494 e. The zero-order valence-electron chi connectivity index (χ0n) is 11.3. The Morgan fingerprint density at radius 3 is 2.67 bits per heavy atom. The van der Waals surface area contributed by atoms with Gasteiger partial charge in [-0.2, -0.15) is 0 Å². The van der Waals surface area contributed by atoms with E-state index < -0.39 is 5.82 Å². The van der Waals surface area contributed by atoms with E-state index in [4.69, 9.17) is 32.2 Å². The molecule has 3 N–H and O–H groups in total. The molecule has 110 valence electrons. The van der Waals surface area contributed by atoms with Crippen molar-refractivity contribution in [2.45, 2.75) is 6.61 Å². The summed E-state index contributed by atoms with van der Waals surface area (Å²) < 4.78 is 24.4. The molecule has 0 atom stereocenters. The van der Waals surface area contributed by atoms with Crippen molar-refractivity contribution in [3.05, 3.63) is 58.4 Å². The fourth-order valence-corrected chi connectivity index (χ4v) is 2.00. The van der Waals surface area contributed by atoms with E-state index in [0.29, 0.717) is 21.9 Å². The van der Waals surface area contributed by atoms with E-state index in [2.05, 4.69) is 0 Å². The zero-order valence-corrected chi connectivity index (χ0v) is 12.1. The molecular formula is C15H14ClFN2O2.